The SMILES string of the molecule is Cc1cccc(-n2c(O)c(C=NN3CCCC[C@H]3c3cccnc3)c(=O)[nH]c2=S)c1. The van der Waals surface area contributed by atoms with E-state index in [1.54, 1.807) is 6.20 Å². The fourth-order valence-corrected chi connectivity index (χ4v) is 4.04. The Morgan fingerprint density at radius 1 is 1.30 bits per heavy atom. The van der Waals surface area contributed by atoms with E-state index in [9.17, 15) is 9.90 Å². The minimum Gasteiger partial charge on any atom is -0.494 e. The van der Waals surface area contributed by atoms with Crippen LogP contribution in [-0.2, 0) is 0 Å². The summed E-state index contributed by atoms with van der Waals surface area (Å²) in [7, 11) is 0. The van der Waals surface area contributed by atoms with Crippen molar-refractivity contribution in [2.45, 2.75) is 32.2 Å². The van der Waals surface area contributed by atoms with Crippen LogP contribution in [0.1, 0.15) is 42.0 Å². The van der Waals surface area contributed by atoms with Gasteiger partial charge >= 0.3 is 0 Å². The lowest BCUT2D eigenvalue weighted by Gasteiger charge is -2.33. The molecule has 7 nitrogen and oxygen atoms in total. The smallest absolute Gasteiger partial charge is 0.264 e. The summed E-state index contributed by atoms with van der Waals surface area (Å²) in [5.74, 6) is -0.229. The summed E-state index contributed by atoms with van der Waals surface area (Å²) in [5.41, 5.74) is 2.38. The van der Waals surface area contributed by atoms with Crippen LogP contribution in [0.4, 0.5) is 0 Å². The Morgan fingerprint density at radius 2 is 2.17 bits per heavy atom. The third-order valence-corrected chi connectivity index (χ3v) is 5.54. The molecule has 0 bridgehead atoms. The van der Waals surface area contributed by atoms with Crippen molar-refractivity contribution >= 4 is 18.4 Å². The van der Waals surface area contributed by atoms with Gasteiger partial charge in [-0.2, -0.15) is 5.10 Å². The van der Waals surface area contributed by atoms with Crippen LogP contribution in [-0.4, -0.2) is 37.4 Å². The van der Waals surface area contributed by atoms with E-state index in [1.165, 1.54) is 10.8 Å². The van der Waals surface area contributed by atoms with Gasteiger partial charge in [-0.15, -0.1) is 0 Å². The van der Waals surface area contributed by atoms with Crippen LogP contribution in [0.25, 0.3) is 5.69 Å². The number of H-pyrrole nitrogens is 1. The molecule has 0 amide bonds. The molecule has 0 aliphatic carbocycles. The zero-order valence-corrected chi connectivity index (χ0v) is 17.5. The largest absolute Gasteiger partial charge is 0.494 e. The first kappa shape index (κ1) is 20.0. The molecule has 2 N–H and O–H groups in total. The van der Waals surface area contributed by atoms with E-state index in [0.717, 1.165) is 36.9 Å². The molecule has 3 heterocycles. The number of rotatable bonds is 4. The van der Waals surface area contributed by atoms with E-state index in [0.29, 0.717) is 5.69 Å². The third kappa shape index (κ3) is 4.04. The molecule has 1 aromatic carbocycles. The van der Waals surface area contributed by atoms with E-state index >= 15 is 0 Å². The van der Waals surface area contributed by atoms with E-state index in [1.807, 2.05) is 54.5 Å². The maximum atomic E-state index is 12.5. The molecule has 0 spiro atoms. The number of hydrazone groups is 1. The predicted octanol–water partition coefficient (Wildman–Crippen LogP) is 3.87. The lowest BCUT2D eigenvalue weighted by atomic mass is 9.98. The van der Waals surface area contributed by atoms with Crippen molar-refractivity contribution in [1.29, 1.82) is 0 Å². The Bertz CT molecular complexity index is 1190. The first-order chi connectivity index (χ1) is 14.5. The van der Waals surface area contributed by atoms with Gasteiger partial charge in [0.2, 0.25) is 5.88 Å². The lowest BCUT2D eigenvalue weighted by Crippen LogP contribution is -2.29. The summed E-state index contributed by atoms with van der Waals surface area (Å²) in [6, 6.07) is 11.6. The van der Waals surface area contributed by atoms with Crippen LogP contribution in [0.2, 0.25) is 0 Å². The second-order valence-corrected chi connectivity index (χ2v) is 7.76. The van der Waals surface area contributed by atoms with Crippen molar-refractivity contribution in [3.8, 4) is 11.6 Å². The minimum absolute atomic E-state index is 0.0700. The van der Waals surface area contributed by atoms with Gasteiger partial charge in [-0.25, -0.2) is 0 Å². The van der Waals surface area contributed by atoms with Crippen LogP contribution in [0.3, 0.4) is 0 Å². The number of nitrogens with one attached hydrogen (secondary N) is 1. The van der Waals surface area contributed by atoms with Gasteiger partial charge in [0.15, 0.2) is 4.77 Å². The maximum Gasteiger partial charge on any atom is 0.264 e. The highest BCUT2D eigenvalue weighted by atomic mass is 32.1. The average Bonchev–Trinajstić information content (AvgIpc) is 2.74. The van der Waals surface area contributed by atoms with Crippen LogP contribution < -0.4 is 5.56 Å². The third-order valence-electron chi connectivity index (χ3n) is 5.26. The molecule has 2 aromatic heterocycles. The summed E-state index contributed by atoms with van der Waals surface area (Å²) in [6.45, 7) is 2.72. The van der Waals surface area contributed by atoms with E-state index < -0.39 is 5.56 Å². The number of aromatic amines is 1. The van der Waals surface area contributed by atoms with Crippen molar-refractivity contribution in [1.82, 2.24) is 19.5 Å². The predicted molar refractivity (Wildman–Crippen MR) is 119 cm³/mol. The summed E-state index contributed by atoms with van der Waals surface area (Å²) in [6.07, 6.45) is 8.10. The number of hydrogen-bond acceptors (Lipinski definition) is 6. The zero-order chi connectivity index (χ0) is 21.1. The molecule has 0 radical (unpaired) electrons. The Kier molecular flexibility index (Phi) is 5.76. The number of benzene rings is 1. The Labute approximate surface area is 179 Å². The lowest BCUT2D eigenvalue weighted by molar-refractivity contribution is 0.156. The van der Waals surface area contributed by atoms with Gasteiger partial charge in [0, 0.05) is 18.9 Å². The second kappa shape index (κ2) is 8.62. The number of hydrogen-bond donors (Lipinski definition) is 2. The van der Waals surface area contributed by atoms with Crippen LogP contribution >= 0.6 is 12.2 Å². The molecule has 0 unspecified atom stereocenters. The summed E-state index contributed by atoms with van der Waals surface area (Å²) < 4.78 is 1.58. The molecular formula is C22H23N5O2S. The highest BCUT2D eigenvalue weighted by Gasteiger charge is 2.23. The van der Waals surface area contributed by atoms with Gasteiger partial charge in [0.25, 0.3) is 5.56 Å². The topological polar surface area (TPSA) is 86.5 Å². The number of aryl methyl sites for hydroxylation is 1. The molecule has 1 atom stereocenters. The van der Waals surface area contributed by atoms with Gasteiger partial charge < -0.3 is 5.11 Å². The Hall–Kier alpha value is -3.26. The highest BCUT2D eigenvalue weighted by Crippen LogP contribution is 2.30. The molecule has 1 aliphatic rings. The molecule has 4 rings (SSSR count). The van der Waals surface area contributed by atoms with E-state index in [4.69, 9.17) is 12.2 Å². The summed E-state index contributed by atoms with van der Waals surface area (Å²) in [4.78, 5) is 19.4. The van der Waals surface area contributed by atoms with Crippen molar-refractivity contribution in [3.63, 3.8) is 0 Å². The van der Waals surface area contributed by atoms with E-state index in [-0.39, 0.29) is 22.3 Å². The van der Waals surface area contributed by atoms with Crippen LogP contribution in [0.5, 0.6) is 5.88 Å². The fourth-order valence-electron chi connectivity index (χ4n) is 3.76. The van der Waals surface area contributed by atoms with Crippen molar-refractivity contribution < 1.29 is 5.11 Å². The van der Waals surface area contributed by atoms with Gasteiger partial charge in [-0.3, -0.25) is 24.3 Å². The molecule has 3 aromatic rings. The number of aromatic hydroxyl groups is 1. The Morgan fingerprint density at radius 3 is 2.93 bits per heavy atom. The second-order valence-electron chi connectivity index (χ2n) is 7.38. The van der Waals surface area contributed by atoms with Crippen molar-refractivity contribution in [3.05, 3.63) is 80.6 Å². The van der Waals surface area contributed by atoms with Crippen LogP contribution in [0, 0.1) is 11.7 Å². The van der Waals surface area contributed by atoms with Gasteiger partial charge in [-0.1, -0.05) is 18.2 Å². The number of pyridine rings is 1. The first-order valence-corrected chi connectivity index (χ1v) is 10.3. The minimum atomic E-state index is -0.472. The molecule has 0 saturated carbocycles. The van der Waals surface area contributed by atoms with Gasteiger partial charge in [0.1, 0.15) is 5.56 Å². The molecule has 154 valence electrons. The quantitative estimate of drug-likeness (QED) is 0.493. The maximum absolute atomic E-state index is 12.5. The highest BCUT2D eigenvalue weighted by molar-refractivity contribution is 7.71. The number of nitrogens with zero attached hydrogens (tertiary/aromatic N) is 4. The molecule has 1 fully saturated rings. The monoisotopic (exact) mass is 421 g/mol. The molecule has 1 saturated heterocycles. The molecular weight excluding hydrogens is 398 g/mol. The summed E-state index contributed by atoms with van der Waals surface area (Å²) in [5, 5.41) is 17.4. The normalized spacial score (nSPS) is 16.8. The fraction of sp³-hybridized carbons (Fsp3) is 0.273. The van der Waals surface area contributed by atoms with Gasteiger partial charge in [-0.05, 0) is 67.7 Å². The number of aromatic nitrogens is 3. The summed E-state index contributed by atoms with van der Waals surface area (Å²) >= 11 is 5.29. The number of piperidine rings is 1. The zero-order valence-electron chi connectivity index (χ0n) is 16.7. The first-order valence-electron chi connectivity index (χ1n) is 9.90. The van der Waals surface area contributed by atoms with Crippen molar-refractivity contribution in [2.75, 3.05) is 6.54 Å². The van der Waals surface area contributed by atoms with E-state index in [2.05, 4.69) is 15.1 Å². The standard InChI is InChI=1S/C22H23N5O2S/c1-15-6-4-8-17(12-15)27-21(29)18(20(28)25-22(27)30)14-24-26-11-3-2-9-19(26)16-7-5-10-23-13-16/h4-8,10,12-14,19,29H,2-3,9,11H2,1H3,(H,25,28,30)/t19-/m0/s1. The molecule has 8 heteroatoms. The van der Waals surface area contributed by atoms with Crippen molar-refractivity contribution in [2.24, 2.45) is 5.10 Å². The van der Waals surface area contributed by atoms with Gasteiger partial charge in [0.05, 0.1) is 17.9 Å². The molecule has 1 aliphatic heterocycles. The van der Waals surface area contributed by atoms with Crippen LogP contribution in [0.15, 0.2) is 58.7 Å². The average molecular weight is 422 g/mol. The Balaban J connectivity index is 1.72. The molecule has 30 heavy (non-hydrogen) atoms.